The zero-order valence-corrected chi connectivity index (χ0v) is 14.7. The molecular weight excluding hydrogens is 270 g/mol. The van der Waals surface area contributed by atoms with Gasteiger partial charge in [0.1, 0.15) is 6.17 Å². The zero-order chi connectivity index (χ0) is 15.9. The highest BCUT2D eigenvalue weighted by atomic mass is 15.3. The molecule has 0 saturated carbocycles. The molecule has 0 spiro atoms. The standard InChI is InChI=1S/C19H37N3/c1-2-3-4-5-6-7-8-9-10-11-12-13-14-19-21-16-18-22(19)17-15-20/h3-4,16,19H,2,5-15,17-18,20H2,1H3/b4-3+. The third-order valence-corrected chi connectivity index (χ3v) is 4.42. The van der Waals surface area contributed by atoms with E-state index in [0.717, 1.165) is 19.6 Å². The van der Waals surface area contributed by atoms with Gasteiger partial charge in [0, 0.05) is 25.8 Å². The van der Waals surface area contributed by atoms with E-state index in [1.54, 1.807) is 0 Å². The summed E-state index contributed by atoms with van der Waals surface area (Å²) in [4.78, 5) is 6.96. The number of rotatable bonds is 14. The maximum atomic E-state index is 5.64. The van der Waals surface area contributed by atoms with Gasteiger partial charge in [-0.25, -0.2) is 0 Å². The normalized spacial score (nSPS) is 18.7. The van der Waals surface area contributed by atoms with Crippen molar-refractivity contribution in [3.05, 3.63) is 12.2 Å². The summed E-state index contributed by atoms with van der Waals surface area (Å²) in [6, 6.07) is 0. The van der Waals surface area contributed by atoms with Crippen LogP contribution in [0.4, 0.5) is 0 Å². The Bertz CT molecular complexity index is 299. The van der Waals surface area contributed by atoms with Gasteiger partial charge in [-0.05, 0) is 32.1 Å². The molecule has 0 aromatic heterocycles. The Labute approximate surface area is 138 Å². The Hall–Kier alpha value is -0.670. The van der Waals surface area contributed by atoms with Gasteiger partial charge in [-0.15, -0.1) is 0 Å². The lowest BCUT2D eigenvalue weighted by molar-refractivity contribution is 0.241. The highest BCUT2D eigenvalue weighted by Crippen LogP contribution is 2.16. The summed E-state index contributed by atoms with van der Waals surface area (Å²) < 4.78 is 0. The minimum absolute atomic E-state index is 0.416. The molecule has 0 radical (unpaired) electrons. The van der Waals surface area contributed by atoms with Crippen molar-refractivity contribution >= 4 is 6.21 Å². The molecule has 0 fully saturated rings. The number of hydrogen-bond acceptors (Lipinski definition) is 3. The second-order valence-corrected chi connectivity index (χ2v) is 6.38. The quantitative estimate of drug-likeness (QED) is 0.378. The van der Waals surface area contributed by atoms with E-state index < -0.39 is 0 Å². The van der Waals surface area contributed by atoms with Crippen LogP contribution >= 0.6 is 0 Å². The number of nitrogens with two attached hydrogens (primary N) is 1. The van der Waals surface area contributed by atoms with E-state index in [9.17, 15) is 0 Å². The van der Waals surface area contributed by atoms with Crippen LogP contribution in [0.15, 0.2) is 17.1 Å². The predicted molar refractivity (Wildman–Crippen MR) is 98.5 cm³/mol. The molecule has 1 unspecified atom stereocenters. The zero-order valence-electron chi connectivity index (χ0n) is 14.7. The molecule has 0 aromatic carbocycles. The Morgan fingerprint density at radius 2 is 1.73 bits per heavy atom. The lowest BCUT2D eigenvalue weighted by Crippen LogP contribution is -2.34. The second kappa shape index (κ2) is 14.0. The Morgan fingerprint density at radius 1 is 1.05 bits per heavy atom. The molecule has 0 saturated heterocycles. The highest BCUT2D eigenvalue weighted by Gasteiger charge is 2.19. The van der Waals surface area contributed by atoms with E-state index in [-0.39, 0.29) is 0 Å². The fourth-order valence-corrected chi connectivity index (χ4v) is 3.09. The van der Waals surface area contributed by atoms with Crippen LogP contribution in [-0.4, -0.2) is 36.9 Å². The van der Waals surface area contributed by atoms with Gasteiger partial charge in [0.05, 0.1) is 0 Å². The molecule has 128 valence electrons. The van der Waals surface area contributed by atoms with Crippen LogP contribution in [0.1, 0.15) is 77.6 Å². The Kier molecular flexibility index (Phi) is 12.3. The summed E-state index contributed by atoms with van der Waals surface area (Å²) in [5.74, 6) is 0. The van der Waals surface area contributed by atoms with E-state index in [2.05, 4.69) is 35.2 Å². The van der Waals surface area contributed by atoms with Crippen molar-refractivity contribution in [2.45, 2.75) is 83.7 Å². The summed E-state index contributed by atoms with van der Waals surface area (Å²) in [6.45, 7) is 4.92. The number of unbranched alkanes of at least 4 members (excludes halogenated alkanes) is 8. The fraction of sp³-hybridized carbons (Fsp3) is 0.842. The minimum Gasteiger partial charge on any atom is -0.329 e. The van der Waals surface area contributed by atoms with E-state index >= 15 is 0 Å². The van der Waals surface area contributed by atoms with Gasteiger partial charge in [-0.1, -0.05) is 57.6 Å². The SMILES string of the molecule is CC/C=C/CCCCCCCCCCC1N=CCN1CCN. The van der Waals surface area contributed by atoms with Gasteiger partial charge in [0.25, 0.3) is 0 Å². The molecule has 0 aromatic rings. The van der Waals surface area contributed by atoms with Crippen LogP contribution in [-0.2, 0) is 0 Å². The van der Waals surface area contributed by atoms with Gasteiger partial charge in [0.15, 0.2) is 0 Å². The van der Waals surface area contributed by atoms with E-state index in [4.69, 9.17) is 5.73 Å². The summed E-state index contributed by atoms with van der Waals surface area (Å²) >= 11 is 0. The average Bonchev–Trinajstić information content (AvgIpc) is 2.96. The molecule has 0 bridgehead atoms. The molecule has 22 heavy (non-hydrogen) atoms. The van der Waals surface area contributed by atoms with Crippen LogP contribution in [0.5, 0.6) is 0 Å². The van der Waals surface area contributed by atoms with Crippen molar-refractivity contribution in [3.63, 3.8) is 0 Å². The topological polar surface area (TPSA) is 41.6 Å². The van der Waals surface area contributed by atoms with E-state index in [0.29, 0.717) is 6.17 Å². The molecule has 0 amide bonds. The first kappa shape index (κ1) is 19.4. The van der Waals surface area contributed by atoms with Crippen molar-refractivity contribution in [3.8, 4) is 0 Å². The lowest BCUT2D eigenvalue weighted by atomic mass is 10.1. The van der Waals surface area contributed by atoms with Crippen molar-refractivity contribution in [1.29, 1.82) is 0 Å². The molecule has 2 N–H and O–H groups in total. The largest absolute Gasteiger partial charge is 0.329 e. The number of hydrogen-bond donors (Lipinski definition) is 1. The summed E-state index contributed by atoms with van der Waals surface area (Å²) in [7, 11) is 0. The van der Waals surface area contributed by atoms with Gasteiger partial charge in [0.2, 0.25) is 0 Å². The van der Waals surface area contributed by atoms with Gasteiger partial charge < -0.3 is 5.73 Å². The van der Waals surface area contributed by atoms with Crippen LogP contribution in [0.3, 0.4) is 0 Å². The predicted octanol–water partition coefficient (Wildman–Crippen LogP) is 4.52. The third kappa shape index (κ3) is 9.37. The van der Waals surface area contributed by atoms with Crippen LogP contribution in [0, 0.1) is 0 Å². The summed E-state index contributed by atoms with van der Waals surface area (Å²) in [5.41, 5.74) is 5.64. The summed E-state index contributed by atoms with van der Waals surface area (Å²) in [5, 5.41) is 0. The number of nitrogens with zero attached hydrogens (tertiary/aromatic N) is 2. The molecule has 1 rings (SSSR count). The van der Waals surface area contributed by atoms with E-state index in [1.807, 2.05) is 0 Å². The highest BCUT2D eigenvalue weighted by molar-refractivity contribution is 5.62. The maximum absolute atomic E-state index is 5.64. The van der Waals surface area contributed by atoms with Gasteiger partial charge >= 0.3 is 0 Å². The molecular formula is C19H37N3. The fourth-order valence-electron chi connectivity index (χ4n) is 3.09. The Morgan fingerprint density at radius 3 is 2.41 bits per heavy atom. The lowest BCUT2D eigenvalue weighted by Gasteiger charge is -2.21. The molecule has 1 heterocycles. The first-order valence-corrected chi connectivity index (χ1v) is 9.49. The average molecular weight is 308 g/mol. The van der Waals surface area contributed by atoms with E-state index in [1.165, 1.54) is 70.6 Å². The number of aliphatic imine (C=N–C) groups is 1. The molecule has 1 aliphatic heterocycles. The molecule has 3 heteroatoms. The molecule has 0 aliphatic carbocycles. The third-order valence-electron chi connectivity index (χ3n) is 4.42. The number of allylic oxidation sites excluding steroid dienone is 2. The second-order valence-electron chi connectivity index (χ2n) is 6.38. The maximum Gasteiger partial charge on any atom is 0.102 e. The molecule has 1 aliphatic rings. The Balaban J connectivity index is 1.83. The smallest absolute Gasteiger partial charge is 0.102 e. The van der Waals surface area contributed by atoms with Crippen molar-refractivity contribution in [1.82, 2.24) is 4.90 Å². The van der Waals surface area contributed by atoms with Gasteiger partial charge in [-0.2, -0.15) is 0 Å². The van der Waals surface area contributed by atoms with Crippen LogP contribution < -0.4 is 5.73 Å². The first-order valence-electron chi connectivity index (χ1n) is 9.49. The van der Waals surface area contributed by atoms with Gasteiger partial charge in [-0.3, -0.25) is 9.89 Å². The van der Waals surface area contributed by atoms with Crippen LogP contribution in [0.2, 0.25) is 0 Å². The first-order chi connectivity index (χ1) is 10.9. The minimum atomic E-state index is 0.416. The molecule has 3 nitrogen and oxygen atoms in total. The van der Waals surface area contributed by atoms with Crippen molar-refractivity contribution in [2.24, 2.45) is 10.7 Å². The molecule has 1 atom stereocenters. The van der Waals surface area contributed by atoms with Crippen molar-refractivity contribution < 1.29 is 0 Å². The van der Waals surface area contributed by atoms with Crippen LogP contribution in [0.25, 0.3) is 0 Å². The monoisotopic (exact) mass is 307 g/mol. The van der Waals surface area contributed by atoms with Crippen molar-refractivity contribution in [2.75, 3.05) is 19.6 Å². The summed E-state index contributed by atoms with van der Waals surface area (Å²) in [6.07, 6.45) is 21.8.